The van der Waals surface area contributed by atoms with Crippen molar-refractivity contribution >= 4 is 66.8 Å². The van der Waals surface area contributed by atoms with E-state index >= 15 is 0 Å². The number of nitrogens with one attached hydrogen (secondary N) is 3. The third-order valence-electron chi connectivity index (χ3n) is 12.8. The van der Waals surface area contributed by atoms with Gasteiger partial charge < -0.3 is 38.9 Å². The second-order valence-corrected chi connectivity index (χ2v) is 18.9. The van der Waals surface area contributed by atoms with Gasteiger partial charge in [-0.2, -0.15) is 0 Å². The molecule has 17 heteroatoms. The zero-order valence-corrected chi connectivity index (χ0v) is 35.1. The lowest BCUT2D eigenvalue weighted by molar-refractivity contribution is -0.141. The largest absolute Gasteiger partial charge is 0.497 e. The third-order valence-corrected chi connectivity index (χ3v) is 14.6. The average molecular weight is 858 g/mol. The Morgan fingerprint density at radius 2 is 1.66 bits per heavy atom. The normalized spacial score (nSPS) is 26.8. The van der Waals surface area contributed by atoms with E-state index in [0.29, 0.717) is 76.9 Å². The molecular formula is C44H51N5O11S. The summed E-state index contributed by atoms with van der Waals surface area (Å²) in [6, 6.07) is 8.63. The van der Waals surface area contributed by atoms with Crippen LogP contribution in [-0.2, 0) is 29.1 Å². The van der Waals surface area contributed by atoms with Crippen LogP contribution in [0.15, 0.2) is 53.0 Å². The number of carbonyl (C=O) groups is 4. The first kappa shape index (κ1) is 40.8. The van der Waals surface area contributed by atoms with E-state index in [4.69, 9.17) is 28.3 Å². The van der Waals surface area contributed by atoms with Crippen molar-refractivity contribution in [3.8, 4) is 17.2 Å². The summed E-state index contributed by atoms with van der Waals surface area (Å²) >= 11 is 0. The minimum atomic E-state index is -3.92. The zero-order chi connectivity index (χ0) is 42.5. The molecule has 4 heterocycles. The predicted octanol–water partition coefficient (Wildman–Crippen LogP) is 5.54. The monoisotopic (exact) mass is 857 g/mol. The van der Waals surface area contributed by atoms with Crippen molar-refractivity contribution < 1.29 is 51.0 Å². The molecule has 9 rings (SSSR count). The summed E-state index contributed by atoms with van der Waals surface area (Å²) < 4.78 is 58.1. The SMILES string of the molecule is COc1ccc2c(O[C@@H]3C[C@H]4C(=O)N[C@]5(C(=O)NS(=O)(=O)C6CC6)C[C@@H]5/C=C\CCCCC[C@H](NC(=O)OC5CCCC5)C(=O)N4C3)c3oc4cc(OC)ccc4c3nc2c1. The Bertz CT molecular complexity index is 2530. The molecular weight excluding hydrogens is 807 g/mol. The first-order valence-corrected chi connectivity index (χ1v) is 22.9. The standard InChI is InChI=1S/C44H51N5O11S/c1-56-27-14-18-31-34(20-27)45-37-32-19-15-28(57-2)22-36(32)60-39(37)38(31)58-29-21-35-40(50)47-44(42(52)48-61(54,55)30-16-17-30)23-25(44)10-6-4-3-5-7-13-33(41(51)49(35)24-29)46-43(53)59-26-11-8-9-12-26/h6,10,14-15,18-20,22,25-26,29-30,33,35H,3-5,7-9,11-13,16-17,21,23-24H2,1-2H3,(H,46,53)(H,47,50)(H,48,52)/b10-6-/t25-,29+,33-,35-,44+/m0/s1. The Balaban J connectivity index is 1.07. The highest BCUT2D eigenvalue weighted by molar-refractivity contribution is 7.91. The second kappa shape index (κ2) is 16.4. The quantitative estimate of drug-likeness (QED) is 0.178. The van der Waals surface area contributed by atoms with E-state index in [1.165, 1.54) is 4.90 Å². The molecule has 3 aliphatic carbocycles. The van der Waals surface area contributed by atoms with Crippen LogP contribution >= 0.6 is 0 Å². The van der Waals surface area contributed by atoms with Gasteiger partial charge in [-0.15, -0.1) is 0 Å². The number of sulfonamides is 1. The topological polar surface area (TPSA) is 205 Å². The maximum Gasteiger partial charge on any atom is 0.408 e. The molecule has 0 unspecified atom stereocenters. The van der Waals surface area contributed by atoms with Gasteiger partial charge in [-0.1, -0.05) is 25.0 Å². The fraction of sp³-hybridized carbons (Fsp3) is 0.523. The van der Waals surface area contributed by atoms with Gasteiger partial charge in [0.05, 0.1) is 31.5 Å². The first-order chi connectivity index (χ1) is 29.5. The van der Waals surface area contributed by atoms with E-state index in [1.54, 1.807) is 32.4 Å². The van der Waals surface area contributed by atoms with Gasteiger partial charge in [-0.05, 0) is 88.5 Å². The van der Waals surface area contributed by atoms with Gasteiger partial charge in [0.1, 0.15) is 52.4 Å². The van der Waals surface area contributed by atoms with Crippen LogP contribution in [0, 0.1) is 5.92 Å². The summed E-state index contributed by atoms with van der Waals surface area (Å²) in [5.74, 6) is -0.862. The Labute approximate surface area is 353 Å². The molecule has 3 saturated carbocycles. The summed E-state index contributed by atoms with van der Waals surface area (Å²) in [4.78, 5) is 63.0. The van der Waals surface area contributed by atoms with E-state index < -0.39 is 68.7 Å². The van der Waals surface area contributed by atoms with Crippen molar-refractivity contribution in [1.82, 2.24) is 25.2 Å². The number of alkyl carbamates (subject to hydrolysis) is 1. The van der Waals surface area contributed by atoms with Gasteiger partial charge in [-0.3, -0.25) is 19.1 Å². The van der Waals surface area contributed by atoms with Crippen LogP contribution in [-0.4, -0.2) is 98.0 Å². The van der Waals surface area contributed by atoms with Gasteiger partial charge in [-0.25, -0.2) is 18.2 Å². The fourth-order valence-electron chi connectivity index (χ4n) is 9.09. The van der Waals surface area contributed by atoms with Gasteiger partial charge in [0, 0.05) is 35.2 Å². The number of hydrogen-bond donors (Lipinski definition) is 3. The number of fused-ring (bicyclic) bond motifs is 6. The minimum absolute atomic E-state index is 0.00487. The van der Waals surface area contributed by atoms with Crippen LogP contribution in [0.4, 0.5) is 4.79 Å². The third kappa shape index (κ3) is 8.15. The highest BCUT2D eigenvalue weighted by atomic mass is 32.2. The fourth-order valence-corrected chi connectivity index (χ4v) is 10.4. The number of amides is 4. The van der Waals surface area contributed by atoms with Crippen molar-refractivity contribution in [2.45, 2.75) is 119 Å². The number of furan rings is 1. The number of carbonyl (C=O) groups excluding carboxylic acids is 4. The summed E-state index contributed by atoms with van der Waals surface area (Å²) in [5.41, 5.74) is 0.432. The summed E-state index contributed by atoms with van der Waals surface area (Å²) in [5, 5.41) is 6.43. The van der Waals surface area contributed by atoms with E-state index in [9.17, 15) is 27.6 Å². The lowest BCUT2D eigenvalue weighted by Crippen LogP contribution is -2.58. The number of allylic oxidation sites excluding steroid dienone is 1. The van der Waals surface area contributed by atoms with Crippen LogP contribution in [0.25, 0.3) is 33.0 Å². The minimum Gasteiger partial charge on any atom is -0.497 e. The molecule has 16 nitrogen and oxygen atoms in total. The molecule has 61 heavy (non-hydrogen) atoms. The number of pyridine rings is 1. The van der Waals surface area contributed by atoms with Crippen LogP contribution in [0.3, 0.4) is 0 Å². The van der Waals surface area contributed by atoms with Crippen molar-refractivity contribution in [3.63, 3.8) is 0 Å². The number of hydrogen-bond acceptors (Lipinski definition) is 12. The molecule has 1 saturated heterocycles. The van der Waals surface area contributed by atoms with Gasteiger partial charge >= 0.3 is 6.09 Å². The predicted molar refractivity (Wildman–Crippen MR) is 224 cm³/mol. The molecule has 3 N–H and O–H groups in total. The van der Waals surface area contributed by atoms with E-state index in [0.717, 1.165) is 43.9 Å². The van der Waals surface area contributed by atoms with Crippen molar-refractivity contribution in [2.75, 3.05) is 20.8 Å². The van der Waals surface area contributed by atoms with E-state index in [2.05, 4.69) is 15.4 Å². The van der Waals surface area contributed by atoms with Crippen molar-refractivity contribution in [2.24, 2.45) is 5.92 Å². The van der Waals surface area contributed by atoms with Crippen LogP contribution < -0.4 is 29.6 Å². The Hall–Kier alpha value is -5.58. The van der Waals surface area contributed by atoms with Gasteiger partial charge in [0.2, 0.25) is 21.8 Å². The molecule has 0 radical (unpaired) electrons. The van der Waals surface area contributed by atoms with E-state index in [1.807, 2.05) is 30.4 Å². The first-order valence-electron chi connectivity index (χ1n) is 21.3. The van der Waals surface area contributed by atoms with Crippen molar-refractivity contribution in [1.29, 1.82) is 0 Å². The lowest BCUT2D eigenvalue weighted by Gasteiger charge is -2.30. The van der Waals surface area contributed by atoms with Crippen molar-refractivity contribution in [3.05, 3.63) is 48.6 Å². The lowest BCUT2D eigenvalue weighted by atomic mass is 10.0. The number of ether oxygens (including phenoxy) is 4. The number of nitrogens with zero attached hydrogens (tertiary/aromatic N) is 2. The summed E-state index contributed by atoms with van der Waals surface area (Å²) in [7, 11) is -0.794. The number of methoxy groups -OCH3 is 2. The van der Waals surface area contributed by atoms with Crippen LogP contribution in [0.1, 0.15) is 83.5 Å². The highest BCUT2D eigenvalue weighted by Gasteiger charge is 2.62. The maximum absolute atomic E-state index is 14.8. The molecule has 2 aliphatic heterocycles. The van der Waals surface area contributed by atoms with Gasteiger partial charge in [0.25, 0.3) is 5.91 Å². The number of aromatic nitrogens is 1. The number of rotatable bonds is 9. The van der Waals surface area contributed by atoms with Crippen LogP contribution in [0.5, 0.6) is 17.2 Å². The Morgan fingerprint density at radius 3 is 2.41 bits per heavy atom. The average Bonchev–Trinajstić information content (AvgIpc) is 4.06. The van der Waals surface area contributed by atoms with Crippen LogP contribution in [0.2, 0.25) is 0 Å². The van der Waals surface area contributed by atoms with Gasteiger partial charge in [0.15, 0.2) is 11.3 Å². The molecule has 0 bridgehead atoms. The molecule has 5 atom stereocenters. The summed E-state index contributed by atoms with van der Waals surface area (Å²) in [6.07, 6.45) is 9.86. The molecule has 2 aromatic heterocycles. The number of benzene rings is 2. The molecule has 2 aromatic carbocycles. The summed E-state index contributed by atoms with van der Waals surface area (Å²) in [6.45, 7) is -0.0547. The highest BCUT2D eigenvalue weighted by Crippen LogP contribution is 2.47. The molecule has 4 aromatic rings. The smallest absolute Gasteiger partial charge is 0.408 e. The Morgan fingerprint density at radius 1 is 0.918 bits per heavy atom. The molecule has 5 aliphatic rings. The maximum atomic E-state index is 14.8. The zero-order valence-electron chi connectivity index (χ0n) is 34.3. The second-order valence-electron chi connectivity index (χ2n) is 17.0. The molecule has 4 fully saturated rings. The van der Waals surface area contributed by atoms with E-state index in [-0.39, 0.29) is 25.5 Å². The molecule has 324 valence electrons. The Kier molecular flexibility index (Phi) is 10.9. The molecule has 0 spiro atoms. The molecule has 4 amide bonds.